The Bertz CT molecular complexity index is 656. The number of carbonyl (C=O) groups excluding carboxylic acids is 1. The number of aliphatic hydroxyl groups excluding tert-OH is 1. The highest BCUT2D eigenvalue weighted by atomic mass is 35.5. The van der Waals surface area contributed by atoms with E-state index in [2.05, 4.69) is 5.32 Å². The second-order valence-corrected chi connectivity index (χ2v) is 5.04. The lowest BCUT2D eigenvalue weighted by Crippen LogP contribution is -2.13. The van der Waals surface area contributed by atoms with Crippen molar-refractivity contribution in [3.63, 3.8) is 0 Å². The summed E-state index contributed by atoms with van der Waals surface area (Å²) in [5.74, 6) is 0.126. The Kier molecular flexibility index (Phi) is 4.83. The van der Waals surface area contributed by atoms with Crippen molar-refractivity contribution in [3.05, 3.63) is 58.6 Å². The molecule has 0 saturated heterocycles. The molecule has 0 fully saturated rings. The minimum absolute atomic E-state index is 0.322. The van der Waals surface area contributed by atoms with Crippen molar-refractivity contribution in [1.82, 2.24) is 0 Å². The van der Waals surface area contributed by atoms with Crippen LogP contribution in [0.2, 0.25) is 5.02 Å². The number of carbonyl (C=O) groups is 1. The van der Waals surface area contributed by atoms with Gasteiger partial charge in [-0.15, -0.1) is 0 Å². The predicted octanol–water partition coefficient (Wildman–Crippen LogP) is 3.65. The third kappa shape index (κ3) is 3.74. The quantitative estimate of drug-likeness (QED) is 0.906. The first kappa shape index (κ1) is 15.4. The Labute approximate surface area is 128 Å². The van der Waals surface area contributed by atoms with Gasteiger partial charge in [-0.25, -0.2) is 0 Å². The zero-order valence-corrected chi connectivity index (χ0v) is 12.5. The Morgan fingerprint density at radius 1 is 1.29 bits per heavy atom. The highest BCUT2D eigenvalue weighted by Gasteiger charge is 2.13. The zero-order valence-electron chi connectivity index (χ0n) is 11.8. The second kappa shape index (κ2) is 6.61. The number of methoxy groups -OCH3 is 1. The van der Waals surface area contributed by atoms with Crippen molar-refractivity contribution < 1.29 is 14.6 Å². The maximum atomic E-state index is 12.3. The van der Waals surface area contributed by atoms with E-state index in [1.807, 2.05) is 0 Å². The number of aliphatic hydroxyl groups is 1. The van der Waals surface area contributed by atoms with Crippen LogP contribution in [0.4, 0.5) is 5.69 Å². The van der Waals surface area contributed by atoms with Crippen molar-refractivity contribution >= 4 is 23.2 Å². The summed E-state index contributed by atoms with van der Waals surface area (Å²) in [6.07, 6.45) is -0.595. The first-order valence-corrected chi connectivity index (χ1v) is 6.82. The fraction of sp³-hybridized carbons (Fsp3) is 0.188. The minimum atomic E-state index is -0.595. The normalized spacial score (nSPS) is 11.8. The monoisotopic (exact) mass is 305 g/mol. The Morgan fingerprint density at radius 2 is 2.05 bits per heavy atom. The van der Waals surface area contributed by atoms with Crippen molar-refractivity contribution in [3.8, 4) is 5.75 Å². The number of hydrogen-bond acceptors (Lipinski definition) is 3. The van der Waals surface area contributed by atoms with E-state index in [9.17, 15) is 9.90 Å². The summed E-state index contributed by atoms with van der Waals surface area (Å²) in [7, 11) is 1.49. The van der Waals surface area contributed by atoms with Crippen molar-refractivity contribution in [2.75, 3.05) is 12.4 Å². The van der Waals surface area contributed by atoms with Gasteiger partial charge in [0.2, 0.25) is 0 Å². The minimum Gasteiger partial charge on any atom is -0.496 e. The molecule has 2 rings (SSSR count). The number of amides is 1. The third-order valence-electron chi connectivity index (χ3n) is 3.03. The van der Waals surface area contributed by atoms with Crippen molar-refractivity contribution in [2.24, 2.45) is 0 Å². The zero-order chi connectivity index (χ0) is 15.4. The highest BCUT2D eigenvalue weighted by Crippen LogP contribution is 2.24. The number of benzene rings is 2. The van der Waals surface area contributed by atoms with Crippen molar-refractivity contribution in [2.45, 2.75) is 13.0 Å². The van der Waals surface area contributed by atoms with Crippen LogP contribution in [0.5, 0.6) is 5.75 Å². The van der Waals surface area contributed by atoms with Crippen LogP contribution >= 0.6 is 11.6 Å². The molecule has 0 aliphatic carbocycles. The summed E-state index contributed by atoms with van der Waals surface area (Å²) in [6, 6.07) is 11.9. The van der Waals surface area contributed by atoms with E-state index in [1.54, 1.807) is 49.4 Å². The number of ether oxygens (including phenoxy) is 1. The largest absolute Gasteiger partial charge is 0.496 e. The number of anilines is 1. The van der Waals surface area contributed by atoms with E-state index in [-0.39, 0.29) is 5.91 Å². The van der Waals surface area contributed by atoms with E-state index in [0.717, 1.165) is 5.56 Å². The summed E-state index contributed by atoms with van der Waals surface area (Å²) >= 11 is 5.92. The molecule has 2 N–H and O–H groups in total. The summed E-state index contributed by atoms with van der Waals surface area (Å²) in [4.78, 5) is 12.3. The number of rotatable bonds is 4. The molecule has 0 saturated carbocycles. The average Bonchev–Trinajstić information content (AvgIpc) is 2.47. The molecule has 2 aromatic carbocycles. The molecule has 0 spiro atoms. The molecule has 0 aliphatic rings. The van der Waals surface area contributed by atoms with Crippen LogP contribution in [-0.4, -0.2) is 18.1 Å². The summed E-state index contributed by atoms with van der Waals surface area (Å²) < 4.78 is 5.16. The van der Waals surface area contributed by atoms with Gasteiger partial charge in [0.15, 0.2) is 0 Å². The molecule has 21 heavy (non-hydrogen) atoms. The van der Waals surface area contributed by atoms with Gasteiger partial charge in [0.05, 0.1) is 18.8 Å². The molecule has 0 aliphatic heterocycles. The van der Waals surface area contributed by atoms with Crippen LogP contribution in [0.1, 0.15) is 28.9 Å². The van der Waals surface area contributed by atoms with E-state index >= 15 is 0 Å². The molecule has 0 radical (unpaired) electrons. The Morgan fingerprint density at radius 3 is 2.71 bits per heavy atom. The smallest absolute Gasteiger partial charge is 0.259 e. The summed E-state index contributed by atoms with van der Waals surface area (Å²) in [6.45, 7) is 1.67. The average molecular weight is 306 g/mol. The van der Waals surface area contributed by atoms with Gasteiger partial charge in [-0.3, -0.25) is 4.79 Å². The lowest BCUT2D eigenvalue weighted by Gasteiger charge is -2.11. The topological polar surface area (TPSA) is 58.6 Å². The predicted molar refractivity (Wildman–Crippen MR) is 83.0 cm³/mol. The van der Waals surface area contributed by atoms with Gasteiger partial charge in [-0.05, 0) is 42.8 Å². The van der Waals surface area contributed by atoms with Gasteiger partial charge in [-0.2, -0.15) is 0 Å². The van der Waals surface area contributed by atoms with E-state index in [4.69, 9.17) is 16.3 Å². The third-order valence-corrected chi connectivity index (χ3v) is 3.27. The second-order valence-electron chi connectivity index (χ2n) is 4.60. The van der Waals surface area contributed by atoms with E-state index in [0.29, 0.717) is 22.0 Å². The number of hydrogen-bond donors (Lipinski definition) is 2. The highest BCUT2D eigenvalue weighted by molar-refractivity contribution is 6.31. The number of halogens is 1. The Balaban J connectivity index is 2.26. The van der Waals surface area contributed by atoms with Gasteiger partial charge in [0.25, 0.3) is 5.91 Å². The van der Waals surface area contributed by atoms with Crippen LogP contribution < -0.4 is 10.1 Å². The van der Waals surface area contributed by atoms with E-state index < -0.39 is 6.10 Å². The van der Waals surface area contributed by atoms with Gasteiger partial charge in [0, 0.05) is 10.7 Å². The SMILES string of the molecule is COc1ccc(Cl)cc1C(=O)Nc1cccc([C@@H](C)O)c1. The van der Waals surface area contributed by atoms with Crippen LogP contribution in [0.25, 0.3) is 0 Å². The molecule has 4 nitrogen and oxygen atoms in total. The molecule has 0 aromatic heterocycles. The van der Waals surface area contributed by atoms with Crippen LogP contribution in [-0.2, 0) is 0 Å². The molecule has 0 heterocycles. The lowest BCUT2D eigenvalue weighted by atomic mass is 10.1. The fourth-order valence-electron chi connectivity index (χ4n) is 1.93. The fourth-order valence-corrected chi connectivity index (χ4v) is 2.10. The molecule has 2 aromatic rings. The Hall–Kier alpha value is -2.04. The number of nitrogens with one attached hydrogen (secondary N) is 1. The van der Waals surface area contributed by atoms with Gasteiger partial charge < -0.3 is 15.2 Å². The lowest BCUT2D eigenvalue weighted by molar-refractivity contribution is 0.102. The molecule has 0 bridgehead atoms. The standard InChI is InChI=1S/C16H16ClNO3/c1-10(19)11-4-3-5-13(8-11)18-16(20)14-9-12(17)6-7-15(14)21-2/h3-10,19H,1-2H3,(H,18,20)/t10-/m1/s1. The molecule has 5 heteroatoms. The van der Waals surface area contributed by atoms with Crippen LogP contribution in [0.3, 0.4) is 0 Å². The first-order valence-electron chi connectivity index (χ1n) is 6.44. The van der Waals surface area contributed by atoms with Gasteiger partial charge in [0.1, 0.15) is 5.75 Å². The molecule has 0 unspecified atom stereocenters. The summed E-state index contributed by atoms with van der Waals surface area (Å²) in [5.41, 5.74) is 1.68. The maximum absolute atomic E-state index is 12.3. The molecular weight excluding hydrogens is 290 g/mol. The summed E-state index contributed by atoms with van der Waals surface area (Å²) in [5, 5.41) is 12.8. The van der Waals surface area contributed by atoms with Crippen LogP contribution in [0, 0.1) is 0 Å². The maximum Gasteiger partial charge on any atom is 0.259 e. The molecule has 1 atom stereocenters. The first-order chi connectivity index (χ1) is 10.0. The van der Waals surface area contributed by atoms with Crippen molar-refractivity contribution in [1.29, 1.82) is 0 Å². The molecule has 1 amide bonds. The van der Waals surface area contributed by atoms with Gasteiger partial charge >= 0.3 is 0 Å². The van der Waals surface area contributed by atoms with Crippen LogP contribution in [0.15, 0.2) is 42.5 Å². The molecule has 110 valence electrons. The van der Waals surface area contributed by atoms with E-state index in [1.165, 1.54) is 7.11 Å². The van der Waals surface area contributed by atoms with Gasteiger partial charge in [-0.1, -0.05) is 23.7 Å². The molecular formula is C16H16ClNO3.